The predicted molar refractivity (Wildman–Crippen MR) is 90.5 cm³/mol. The third kappa shape index (κ3) is 4.98. The van der Waals surface area contributed by atoms with Crippen LogP contribution in [0.15, 0.2) is 42.5 Å². The van der Waals surface area contributed by atoms with Crippen LogP contribution in [-0.2, 0) is 4.74 Å². The van der Waals surface area contributed by atoms with E-state index in [-0.39, 0.29) is 5.91 Å². The van der Waals surface area contributed by atoms with E-state index in [1.807, 2.05) is 50.2 Å². The molecule has 5 nitrogen and oxygen atoms in total. The maximum Gasteiger partial charge on any atom is 0.407 e. The lowest BCUT2D eigenvalue weighted by Crippen LogP contribution is -2.35. The Kier molecular flexibility index (Phi) is 5.97. The zero-order valence-corrected chi connectivity index (χ0v) is 13.5. The normalized spacial score (nSPS) is 10.6. The Hall–Kier alpha value is -2.56. The van der Waals surface area contributed by atoms with Gasteiger partial charge in [0.25, 0.3) is 5.91 Å². The molecule has 0 radical (unpaired) electrons. The van der Waals surface area contributed by atoms with E-state index in [0.717, 1.165) is 10.8 Å². The van der Waals surface area contributed by atoms with Crippen LogP contribution in [-0.4, -0.2) is 31.7 Å². The van der Waals surface area contributed by atoms with Crippen LogP contribution in [0.5, 0.6) is 0 Å². The van der Waals surface area contributed by atoms with Crippen LogP contribution in [0.4, 0.5) is 4.79 Å². The van der Waals surface area contributed by atoms with Gasteiger partial charge in [-0.3, -0.25) is 4.79 Å². The average molecular weight is 314 g/mol. The number of nitrogens with one attached hydrogen (secondary N) is 2. The van der Waals surface area contributed by atoms with Gasteiger partial charge in [-0.25, -0.2) is 4.79 Å². The van der Waals surface area contributed by atoms with Gasteiger partial charge >= 0.3 is 6.09 Å². The van der Waals surface area contributed by atoms with Gasteiger partial charge in [0.05, 0.1) is 6.61 Å². The first kappa shape index (κ1) is 16.8. The summed E-state index contributed by atoms with van der Waals surface area (Å²) in [7, 11) is 0. The first-order valence-corrected chi connectivity index (χ1v) is 7.74. The summed E-state index contributed by atoms with van der Waals surface area (Å²) in [6.07, 6.45) is -0.460. The molecule has 0 saturated heterocycles. The Bertz CT molecular complexity index is 678. The molecule has 0 aliphatic carbocycles. The highest BCUT2D eigenvalue weighted by Crippen LogP contribution is 2.18. The van der Waals surface area contributed by atoms with E-state index in [2.05, 4.69) is 10.6 Å². The van der Waals surface area contributed by atoms with E-state index < -0.39 is 6.09 Å². The fourth-order valence-electron chi connectivity index (χ4n) is 2.15. The molecule has 0 fully saturated rings. The maximum absolute atomic E-state index is 12.3. The van der Waals surface area contributed by atoms with Crippen LogP contribution in [0.3, 0.4) is 0 Å². The minimum atomic E-state index is -0.460. The Morgan fingerprint density at radius 3 is 2.48 bits per heavy atom. The van der Waals surface area contributed by atoms with Crippen LogP contribution >= 0.6 is 0 Å². The van der Waals surface area contributed by atoms with Crippen molar-refractivity contribution in [2.24, 2.45) is 5.92 Å². The van der Waals surface area contributed by atoms with Gasteiger partial charge in [0.2, 0.25) is 0 Å². The molecule has 2 rings (SSSR count). The van der Waals surface area contributed by atoms with Crippen LogP contribution in [0, 0.1) is 5.92 Å². The van der Waals surface area contributed by atoms with Crippen molar-refractivity contribution in [3.8, 4) is 0 Å². The van der Waals surface area contributed by atoms with Crippen LogP contribution in [0.25, 0.3) is 10.8 Å². The molecule has 0 aromatic heterocycles. The Morgan fingerprint density at radius 1 is 1.00 bits per heavy atom. The van der Waals surface area contributed by atoms with Crippen molar-refractivity contribution < 1.29 is 14.3 Å². The van der Waals surface area contributed by atoms with Crippen molar-refractivity contribution in [3.05, 3.63) is 48.0 Å². The number of ether oxygens (including phenoxy) is 1. The third-order valence-electron chi connectivity index (χ3n) is 3.26. The number of hydrogen-bond acceptors (Lipinski definition) is 3. The Labute approximate surface area is 136 Å². The predicted octanol–water partition coefficient (Wildman–Crippen LogP) is 2.95. The number of rotatable bonds is 6. The fraction of sp³-hybridized carbons (Fsp3) is 0.333. The van der Waals surface area contributed by atoms with Gasteiger partial charge in [-0.05, 0) is 22.8 Å². The smallest absolute Gasteiger partial charge is 0.407 e. The lowest BCUT2D eigenvalue weighted by atomic mass is 10.0. The zero-order valence-electron chi connectivity index (χ0n) is 13.5. The molecule has 2 aromatic carbocycles. The largest absolute Gasteiger partial charge is 0.449 e. The summed E-state index contributed by atoms with van der Waals surface area (Å²) in [6, 6.07) is 13.4. The minimum absolute atomic E-state index is 0.154. The van der Waals surface area contributed by atoms with Crippen molar-refractivity contribution in [2.45, 2.75) is 13.8 Å². The summed E-state index contributed by atoms with van der Waals surface area (Å²) >= 11 is 0. The molecule has 0 unspecified atom stereocenters. The topological polar surface area (TPSA) is 67.4 Å². The Morgan fingerprint density at radius 2 is 1.70 bits per heavy atom. The Balaban J connectivity index is 1.82. The summed E-state index contributed by atoms with van der Waals surface area (Å²) in [5, 5.41) is 7.35. The number of alkyl carbamates (subject to hydrolysis) is 1. The van der Waals surface area contributed by atoms with Crippen LogP contribution in [0.1, 0.15) is 24.2 Å². The number of benzene rings is 2. The number of fused-ring (bicyclic) bond motifs is 1. The molecular weight excluding hydrogens is 292 g/mol. The number of carbonyl (C=O) groups is 2. The fourth-order valence-corrected chi connectivity index (χ4v) is 2.15. The van der Waals surface area contributed by atoms with Crippen molar-refractivity contribution in [3.63, 3.8) is 0 Å². The van der Waals surface area contributed by atoms with Gasteiger partial charge in [0.1, 0.15) is 0 Å². The van der Waals surface area contributed by atoms with Crippen molar-refractivity contribution in [1.29, 1.82) is 0 Å². The maximum atomic E-state index is 12.3. The monoisotopic (exact) mass is 314 g/mol. The van der Waals surface area contributed by atoms with Gasteiger partial charge in [0.15, 0.2) is 0 Å². The molecule has 2 aromatic rings. The van der Waals surface area contributed by atoms with E-state index >= 15 is 0 Å². The number of carbonyl (C=O) groups excluding carboxylic acids is 2. The highest BCUT2D eigenvalue weighted by molar-refractivity contribution is 6.06. The van der Waals surface area contributed by atoms with Crippen molar-refractivity contribution >= 4 is 22.8 Å². The molecule has 0 spiro atoms. The molecule has 0 bridgehead atoms. The highest BCUT2D eigenvalue weighted by Gasteiger charge is 2.09. The van der Waals surface area contributed by atoms with Crippen molar-refractivity contribution in [1.82, 2.24) is 10.6 Å². The van der Waals surface area contributed by atoms with Gasteiger partial charge in [0, 0.05) is 18.7 Å². The van der Waals surface area contributed by atoms with Gasteiger partial charge in [-0.1, -0.05) is 50.2 Å². The van der Waals surface area contributed by atoms with E-state index in [4.69, 9.17) is 4.74 Å². The summed E-state index contributed by atoms with van der Waals surface area (Å²) in [6.45, 7) is 5.00. The first-order chi connectivity index (χ1) is 11.1. The third-order valence-corrected chi connectivity index (χ3v) is 3.26. The zero-order chi connectivity index (χ0) is 16.7. The van der Waals surface area contributed by atoms with Crippen LogP contribution < -0.4 is 10.6 Å². The second kappa shape index (κ2) is 8.17. The molecule has 5 heteroatoms. The van der Waals surface area contributed by atoms with Gasteiger partial charge in [-0.15, -0.1) is 0 Å². The average Bonchev–Trinajstić information content (AvgIpc) is 2.56. The quantitative estimate of drug-likeness (QED) is 0.806. The summed E-state index contributed by atoms with van der Waals surface area (Å²) in [5.41, 5.74) is 0.630. The molecule has 2 N–H and O–H groups in total. The summed E-state index contributed by atoms with van der Waals surface area (Å²) in [4.78, 5) is 23.7. The van der Waals surface area contributed by atoms with Gasteiger partial charge < -0.3 is 15.4 Å². The lowest BCUT2D eigenvalue weighted by molar-refractivity contribution is 0.0953. The second-order valence-corrected chi connectivity index (χ2v) is 5.70. The molecule has 0 heterocycles. The van der Waals surface area contributed by atoms with Crippen molar-refractivity contribution in [2.75, 3.05) is 19.7 Å². The van der Waals surface area contributed by atoms with Crippen LogP contribution in [0.2, 0.25) is 0 Å². The van der Waals surface area contributed by atoms with E-state index in [0.29, 0.717) is 31.2 Å². The molecule has 0 atom stereocenters. The first-order valence-electron chi connectivity index (χ1n) is 7.74. The number of hydrogen-bond donors (Lipinski definition) is 2. The molecule has 0 saturated carbocycles. The molecule has 0 aliphatic heterocycles. The highest BCUT2D eigenvalue weighted by atomic mass is 16.5. The molecule has 122 valence electrons. The van der Waals surface area contributed by atoms with E-state index in [1.54, 1.807) is 6.07 Å². The standard InChI is InChI=1S/C18H22N2O3/c1-13(2)12-23-18(22)20-11-10-19-17(21)16-9-5-7-14-6-3-4-8-15(14)16/h3-9,13H,10-12H2,1-2H3,(H,19,21)(H,20,22). The summed E-state index contributed by atoms with van der Waals surface area (Å²) in [5.74, 6) is 0.144. The van der Waals surface area contributed by atoms with Gasteiger partial charge in [-0.2, -0.15) is 0 Å². The summed E-state index contributed by atoms with van der Waals surface area (Å²) < 4.78 is 4.99. The lowest BCUT2D eigenvalue weighted by Gasteiger charge is -2.10. The SMILES string of the molecule is CC(C)COC(=O)NCCNC(=O)c1cccc2ccccc12. The number of amides is 2. The van der Waals surface area contributed by atoms with E-state index in [9.17, 15) is 9.59 Å². The molecule has 2 amide bonds. The second-order valence-electron chi connectivity index (χ2n) is 5.70. The molecule has 23 heavy (non-hydrogen) atoms. The molecular formula is C18H22N2O3. The minimum Gasteiger partial charge on any atom is -0.449 e. The van der Waals surface area contributed by atoms with E-state index in [1.165, 1.54) is 0 Å². The molecule has 0 aliphatic rings.